The molecule has 0 amide bonds. The van der Waals surface area contributed by atoms with E-state index in [-0.39, 0.29) is 0 Å². The molecule has 3 heterocycles. The van der Waals surface area contributed by atoms with Crippen LogP contribution in [0.4, 0.5) is 0 Å². The summed E-state index contributed by atoms with van der Waals surface area (Å²) in [5, 5.41) is 8.00. The Balaban J connectivity index is 1.20. The zero-order chi connectivity index (χ0) is 19.5. The summed E-state index contributed by atoms with van der Waals surface area (Å²) in [4.78, 5) is 7.46. The fraction of sp³-hybridized carbons (Fsp3) is 0.0435. The number of aromatic nitrogens is 4. The van der Waals surface area contributed by atoms with Crippen LogP contribution in [0.5, 0.6) is 17.2 Å². The molecule has 0 aliphatic heterocycles. The van der Waals surface area contributed by atoms with Crippen molar-refractivity contribution in [2.75, 3.05) is 0 Å². The van der Waals surface area contributed by atoms with E-state index in [9.17, 15) is 0 Å². The number of hydrogen-bond acceptors (Lipinski definition) is 4. The Morgan fingerprint density at radius 2 is 1.59 bits per heavy atom. The molecule has 0 bridgehead atoms. The van der Waals surface area contributed by atoms with Crippen molar-refractivity contribution < 1.29 is 9.47 Å². The maximum atomic E-state index is 5.91. The first-order chi connectivity index (χ1) is 14.3. The lowest BCUT2D eigenvalue weighted by atomic mass is 10.1. The predicted molar refractivity (Wildman–Crippen MR) is 111 cm³/mol. The van der Waals surface area contributed by atoms with E-state index < -0.39 is 0 Å². The summed E-state index contributed by atoms with van der Waals surface area (Å²) >= 11 is 0. The van der Waals surface area contributed by atoms with Gasteiger partial charge < -0.3 is 14.5 Å². The number of fused-ring (bicyclic) bond motifs is 1. The van der Waals surface area contributed by atoms with Gasteiger partial charge in [0.15, 0.2) is 0 Å². The van der Waals surface area contributed by atoms with Gasteiger partial charge in [-0.15, -0.1) is 0 Å². The van der Waals surface area contributed by atoms with Crippen molar-refractivity contribution in [3.05, 3.63) is 90.9 Å². The van der Waals surface area contributed by atoms with Gasteiger partial charge in [-0.25, -0.2) is 4.98 Å². The smallest absolute Gasteiger partial charge is 0.137 e. The minimum absolute atomic E-state index is 0.462. The molecule has 6 nitrogen and oxygen atoms in total. The Morgan fingerprint density at radius 3 is 2.34 bits per heavy atom. The Hall–Kier alpha value is -4.06. The second-order valence-corrected chi connectivity index (χ2v) is 6.62. The number of nitrogens with one attached hydrogen (secondary N) is 2. The molecule has 6 heteroatoms. The first kappa shape index (κ1) is 17.1. The molecule has 2 aromatic carbocycles. The molecule has 0 spiro atoms. The zero-order valence-corrected chi connectivity index (χ0v) is 15.5. The quantitative estimate of drug-likeness (QED) is 0.416. The Labute approximate surface area is 167 Å². The molecular formula is C23H18N4O2. The largest absolute Gasteiger partial charge is 0.489 e. The Kier molecular flexibility index (Phi) is 4.42. The van der Waals surface area contributed by atoms with E-state index in [0.29, 0.717) is 6.61 Å². The number of hydrogen-bond donors (Lipinski definition) is 2. The van der Waals surface area contributed by atoms with E-state index in [1.165, 1.54) is 0 Å². The normalized spacial score (nSPS) is 10.9. The molecule has 0 aliphatic carbocycles. The van der Waals surface area contributed by atoms with E-state index in [2.05, 4.69) is 26.2 Å². The van der Waals surface area contributed by atoms with Crippen molar-refractivity contribution in [2.24, 2.45) is 0 Å². The molecule has 0 saturated heterocycles. The highest BCUT2D eigenvalue weighted by molar-refractivity contribution is 5.75. The third-order valence-electron chi connectivity index (χ3n) is 4.59. The molecule has 142 valence electrons. The number of rotatable bonds is 6. The molecule has 0 radical (unpaired) electrons. The number of benzene rings is 2. The fourth-order valence-corrected chi connectivity index (χ4v) is 3.09. The summed E-state index contributed by atoms with van der Waals surface area (Å²) in [6.07, 6.45) is 5.44. The molecule has 0 fully saturated rings. The zero-order valence-electron chi connectivity index (χ0n) is 15.5. The van der Waals surface area contributed by atoms with Gasteiger partial charge >= 0.3 is 0 Å². The SMILES string of the molecule is c1cc(-c2ccc(Oc3ccc(OCc4cnc5[nH]ccc5c4)cc3)cc2)[nH]n1. The van der Waals surface area contributed by atoms with E-state index in [4.69, 9.17) is 9.47 Å². The third-order valence-corrected chi connectivity index (χ3v) is 4.59. The number of pyridine rings is 1. The minimum Gasteiger partial charge on any atom is -0.489 e. The molecule has 29 heavy (non-hydrogen) atoms. The Bertz CT molecular complexity index is 1210. The van der Waals surface area contributed by atoms with Gasteiger partial charge in [0, 0.05) is 29.5 Å². The molecule has 2 N–H and O–H groups in total. The first-order valence-electron chi connectivity index (χ1n) is 9.26. The minimum atomic E-state index is 0.462. The van der Waals surface area contributed by atoms with Crippen LogP contribution >= 0.6 is 0 Å². The summed E-state index contributed by atoms with van der Waals surface area (Å²) in [6, 6.07) is 21.5. The molecule has 0 saturated carbocycles. The van der Waals surface area contributed by atoms with Crippen LogP contribution < -0.4 is 9.47 Å². The van der Waals surface area contributed by atoms with Gasteiger partial charge in [0.2, 0.25) is 0 Å². The molecule has 5 rings (SSSR count). The monoisotopic (exact) mass is 382 g/mol. The highest BCUT2D eigenvalue weighted by Crippen LogP contribution is 2.26. The van der Waals surface area contributed by atoms with Crippen LogP contribution in [0.3, 0.4) is 0 Å². The van der Waals surface area contributed by atoms with E-state index >= 15 is 0 Å². The molecular weight excluding hydrogens is 364 g/mol. The summed E-state index contributed by atoms with van der Waals surface area (Å²) in [7, 11) is 0. The average Bonchev–Trinajstić information content (AvgIpc) is 3.46. The van der Waals surface area contributed by atoms with Gasteiger partial charge in [-0.3, -0.25) is 5.10 Å². The van der Waals surface area contributed by atoms with Gasteiger partial charge in [0.1, 0.15) is 29.5 Å². The first-order valence-corrected chi connectivity index (χ1v) is 9.26. The van der Waals surface area contributed by atoms with Crippen LogP contribution in [0, 0.1) is 0 Å². The van der Waals surface area contributed by atoms with Crippen molar-refractivity contribution in [1.29, 1.82) is 0 Å². The lowest BCUT2D eigenvalue weighted by molar-refractivity contribution is 0.305. The molecule has 0 unspecified atom stereocenters. The maximum absolute atomic E-state index is 5.91. The fourth-order valence-electron chi connectivity index (χ4n) is 3.09. The van der Waals surface area contributed by atoms with Gasteiger partial charge in [-0.05, 0) is 72.3 Å². The summed E-state index contributed by atoms with van der Waals surface area (Å²) in [5.74, 6) is 2.30. The number of ether oxygens (including phenoxy) is 2. The highest BCUT2D eigenvalue weighted by Gasteiger charge is 2.03. The van der Waals surface area contributed by atoms with E-state index in [1.807, 2.05) is 73.1 Å². The summed E-state index contributed by atoms with van der Waals surface area (Å²) in [5.41, 5.74) is 3.94. The van der Waals surface area contributed by atoms with E-state index in [0.717, 1.165) is 45.1 Å². The van der Waals surface area contributed by atoms with Gasteiger partial charge in [0.25, 0.3) is 0 Å². The standard InChI is InChI=1S/C23H18N4O2/c1-3-20(4-2-17(1)22-10-12-26-27-22)29-21-7-5-19(6-8-21)28-15-16-13-18-9-11-24-23(18)25-14-16/h1-14H,15H2,(H,24,25)(H,26,27). The second-order valence-electron chi connectivity index (χ2n) is 6.62. The van der Waals surface area contributed by atoms with Crippen molar-refractivity contribution in [2.45, 2.75) is 6.61 Å². The van der Waals surface area contributed by atoms with Gasteiger partial charge in [-0.1, -0.05) is 0 Å². The topological polar surface area (TPSA) is 75.8 Å². The third kappa shape index (κ3) is 3.82. The molecule has 3 aromatic heterocycles. The second kappa shape index (κ2) is 7.52. The van der Waals surface area contributed by atoms with Gasteiger partial charge in [-0.2, -0.15) is 5.10 Å². The van der Waals surface area contributed by atoms with Crippen molar-refractivity contribution >= 4 is 11.0 Å². The maximum Gasteiger partial charge on any atom is 0.137 e. The van der Waals surface area contributed by atoms with Crippen LogP contribution in [0.25, 0.3) is 22.3 Å². The summed E-state index contributed by atoms with van der Waals surface area (Å²) in [6.45, 7) is 0.462. The summed E-state index contributed by atoms with van der Waals surface area (Å²) < 4.78 is 11.8. The van der Waals surface area contributed by atoms with Gasteiger partial charge in [0.05, 0.1) is 5.69 Å². The van der Waals surface area contributed by atoms with Crippen LogP contribution in [-0.4, -0.2) is 20.2 Å². The number of nitrogens with zero attached hydrogens (tertiary/aromatic N) is 2. The van der Waals surface area contributed by atoms with E-state index in [1.54, 1.807) is 6.20 Å². The van der Waals surface area contributed by atoms with Crippen LogP contribution in [0.15, 0.2) is 85.3 Å². The molecule has 5 aromatic rings. The van der Waals surface area contributed by atoms with Crippen molar-refractivity contribution in [1.82, 2.24) is 20.2 Å². The van der Waals surface area contributed by atoms with Crippen LogP contribution in [-0.2, 0) is 6.61 Å². The average molecular weight is 382 g/mol. The lowest BCUT2D eigenvalue weighted by Crippen LogP contribution is -1.96. The molecule has 0 aliphatic rings. The van der Waals surface area contributed by atoms with Crippen LogP contribution in [0.1, 0.15) is 5.56 Å². The van der Waals surface area contributed by atoms with Crippen molar-refractivity contribution in [3.63, 3.8) is 0 Å². The predicted octanol–water partition coefficient (Wildman–Crippen LogP) is 5.32. The van der Waals surface area contributed by atoms with Crippen molar-refractivity contribution in [3.8, 4) is 28.5 Å². The molecule has 0 atom stereocenters. The number of H-pyrrole nitrogens is 2. The van der Waals surface area contributed by atoms with Crippen LogP contribution in [0.2, 0.25) is 0 Å². The number of aromatic amines is 2. The Morgan fingerprint density at radius 1 is 0.828 bits per heavy atom. The lowest BCUT2D eigenvalue weighted by Gasteiger charge is -2.09. The highest BCUT2D eigenvalue weighted by atomic mass is 16.5.